The first-order valence-electron chi connectivity index (χ1n) is 5.81. The Morgan fingerprint density at radius 2 is 2.00 bits per heavy atom. The Morgan fingerprint density at radius 1 is 1.31 bits per heavy atom. The maximum absolute atomic E-state index is 5.80. The van der Waals surface area contributed by atoms with E-state index in [0.717, 1.165) is 18.5 Å². The molecule has 2 heteroatoms. The number of nitrogens with two attached hydrogens (primary N) is 1. The molecule has 2 aliphatic heterocycles. The molecule has 2 heterocycles. The van der Waals surface area contributed by atoms with Crippen molar-refractivity contribution in [1.29, 1.82) is 0 Å². The SMILES string of the molecule is CCC(CN)N1CC2CCC1CC2. The Hall–Kier alpha value is -0.0800. The molecule has 1 unspecified atom stereocenters. The van der Waals surface area contributed by atoms with Gasteiger partial charge in [-0.25, -0.2) is 0 Å². The summed E-state index contributed by atoms with van der Waals surface area (Å²) >= 11 is 0. The minimum Gasteiger partial charge on any atom is -0.329 e. The van der Waals surface area contributed by atoms with E-state index in [1.807, 2.05) is 0 Å². The molecular weight excluding hydrogens is 160 g/mol. The zero-order valence-corrected chi connectivity index (χ0v) is 8.71. The van der Waals surface area contributed by atoms with Crippen molar-refractivity contribution >= 4 is 0 Å². The van der Waals surface area contributed by atoms with Crippen LogP contribution in [0, 0.1) is 5.92 Å². The summed E-state index contributed by atoms with van der Waals surface area (Å²) in [5.41, 5.74) is 5.80. The standard InChI is InChI=1S/C11H22N2/c1-2-10(7-12)13-8-9-3-5-11(13)6-4-9/h9-11H,2-8,12H2,1H3. The molecule has 0 radical (unpaired) electrons. The van der Waals surface area contributed by atoms with Gasteiger partial charge < -0.3 is 5.73 Å². The van der Waals surface area contributed by atoms with Gasteiger partial charge in [0.1, 0.15) is 0 Å². The van der Waals surface area contributed by atoms with Crippen molar-refractivity contribution in [3.63, 3.8) is 0 Å². The molecule has 1 saturated carbocycles. The number of rotatable bonds is 3. The molecule has 1 atom stereocenters. The van der Waals surface area contributed by atoms with Crippen LogP contribution in [0.2, 0.25) is 0 Å². The van der Waals surface area contributed by atoms with Gasteiger partial charge in [0, 0.05) is 25.2 Å². The largest absolute Gasteiger partial charge is 0.329 e. The molecule has 2 N–H and O–H groups in total. The Balaban J connectivity index is 1.99. The van der Waals surface area contributed by atoms with Gasteiger partial charge in [-0.3, -0.25) is 4.90 Å². The second-order valence-electron chi connectivity index (χ2n) is 4.67. The lowest BCUT2D eigenvalue weighted by Gasteiger charge is -2.48. The maximum atomic E-state index is 5.80. The van der Waals surface area contributed by atoms with Crippen LogP contribution < -0.4 is 5.73 Å². The predicted molar refractivity (Wildman–Crippen MR) is 55.6 cm³/mol. The average molecular weight is 182 g/mol. The smallest absolute Gasteiger partial charge is 0.0218 e. The number of hydrogen-bond donors (Lipinski definition) is 1. The van der Waals surface area contributed by atoms with E-state index in [2.05, 4.69) is 11.8 Å². The summed E-state index contributed by atoms with van der Waals surface area (Å²) in [6.07, 6.45) is 7.03. The van der Waals surface area contributed by atoms with Crippen molar-refractivity contribution in [2.45, 2.75) is 51.1 Å². The van der Waals surface area contributed by atoms with Crippen molar-refractivity contribution in [1.82, 2.24) is 4.90 Å². The molecule has 0 spiro atoms. The molecule has 1 aliphatic carbocycles. The highest BCUT2D eigenvalue weighted by molar-refractivity contribution is 4.91. The van der Waals surface area contributed by atoms with E-state index < -0.39 is 0 Å². The van der Waals surface area contributed by atoms with E-state index in [0.29, 0.717) is 6.04 Å². The van der Waals surface area contributed by atoms with Crippen LogP contribution in [0.25, 0.3) is 0 Å². The van der Waals surface area contributed by atoms with Crippen LogP contribution >= 0.6 is 0 Å². The third kappa shape index (κ3) is 1.75. The number of piperidine rings is 2. The van der Waals surface area contributed by atoms with Crippen LogP contribution in [0.3, 0.4) is 0 Å². The summed E-state index contributed by atoms with van der Waals surface area (Å²) in [6, 6.07) is 1.53. The molecule has 0 aromatic heterocycles. The van der Waals surface area contributed by atoms with Crippen molar-refractivity contribution in [3.05, 3.63) is 0 Å². The van der Waals surface area contributed by atoms with Crippen LogP contribution in [0.15, 0.2) is 0 Å². The molecule has 2 saturated heterocycles. The third-order valence-electron chi connectivity index (χ3n) is 3.97. The summed E-state index contributed by atoms with van der Waals surface area (Å²) in [7, 11) is 0. The lowest BCUT2D eigenvalue weighted by molar-refractivity contribution is 0.0151. The first-order valence-corrected chi connectivity index (χ1v) is 5.81. The van der Waals surface area contributed by atoms with E-state index in [1.54, 1.807) is 0 Å². The Kier molecular flexibility index (Phi) is 2.89. The van der Waals surface area contributed by atoms with Crippen molar-refractivity contribution in [2.75, 3.05) is 13.1 Å². The summed E-state index contributed by atoms with van der Waals surface area (Å²) < 4.78 is 0. The molecule has 0 aromatic rings. The van der Waals surface area contributed by atoms with Crippen LogP contribution in [-0.4, -0.2) is 30.1 Å². The molecule has 3 rings (SSSR count). The monoisotopic (exact) mass is 182 g/mol. The Labute approximate surface area is 81.5 Å². The number of hydrogen-bond acceptors (Lipinski definition) is 2. The highest BCUT2D eigenvalue weighted by Gasteiger charge is 2.36. The molecule has 3 aliphatic rings. The van der Waals surface area contributed by atoms with Crippen molar-refractivity contribution < 1.29 is 0 Å². The van der Waals surface area contributed by atoms with Gasteiger partial charge in [0.25, 0.3) is 0 Å². The predicted octanol–water partition coefficient (Wildman–Crippen LogP) is 1.60. The Morgan fingerprint density at radius 3 is 2.38 bits per heavy atom. The minimum atomic E-state index is 0.660. The zero-order chi connectivity index (χ0) is 9.26. The Bertz CT molecular complexity index is 155. The zero-order valence-electron chi connectivity index (χ0n) is 8.71. The minimum absolute atomic E-state index is 0.660. The summed E-state index contributed by atoms with van der Waals surface area (Å²) in [5.74, 6) is 0.991. The van der Waals surface area contributed by atoms with Gasteiger partial charge in [-0.1, -0.05) is 6.92 Å². The van der Waals surface area contributed by atoms with Gasteiger partial charge in [0.2, 0.25) is 0 Å². The average Bonchev–Trinajstić information content (AvgIpc) is 2.22. The van der Waals surface area contributed by atoms with E-state index >= 15 is 0 Å². The molecule has 76 valence electrons. The molecule has 2 bridgehead atoms. The first kappa shape index (κ1) is 9.47. The van der Waals surface area contributed by atoms with Crippen LogP contribution in [-0.2, 0) is 0 Å². The normalized spacial score (nSPS) is 36.5. The topological polar surface area (TPSA) is 29.3 Å². The van der Waals surface area contributed by atoms with Crippen molar-refractivity contribution in [2.24, 2.45) is 11.7 Å². The molecule has 2 nitrogen and oxygen atoms in total. The van der Waals surface area contributed by atoms with Gasteiger partial charge >= 0.3 is 0 Å². The summed E-state index contributed by atoms with van der Waals surface area (Å²) in [4.78, 5) is 2.69. The van der Waals surface area contributed by atoms with Crippen LogP contribution in [0.5, 0.6) is 0 Å². The quantitative estimate of drug-likeness (QED) is 0.718. The van der Waals surface area contributed by atoms with Gasteiger partial charge in [-0.2, -0.15) is 0 Å². The lowest BCUT2D eigenvalue weighted by Crippen LogP contribution is -2.54. The number of fused-ring (bicyclic) bond motifs is 3. The second kappa shape index (κ2) is 3.97. The van der Waals surface area contributed by atoms with Gasteiger partial charge in [-0.05, 0) is 38.0 Å². The van der Waals surface area contributed by atoms with Gasteiger partial charge in [0.05, 0.1) is 0 Å². The number of nitrogens with zero attached hydrogens (tertiary/aromatic N) is 1. The molecule has 3 fully saturated rings. The third-order valence-corrected chi connectivity index (χ3v) is 3.97. The van der Waals surface area contributed by atoms with E-state index in [9.17, 15) is 0 Å². The highest BCUT2D eigenvalue weighted by atomic mass is 15.2. The van der Waals surface area contributed by atoms with E-state index in [4.69, 9.17) is 5.73 Å². The molecule has 0 aromatic carbocycles. The van der Waals surface area contributed by atoms with Crippen LogP contribution in [0.1, 0.15) is 39.0 Å². The second-order valence-corrected chi connectivity index (χ2v) is 4.67. The molecule has 13 heavy (non-hydrogen) atoms. The molecular formula is C11H22N2. The van der Waals surface area contributed by atoms with E-state index in [-0.39, 0.29) is 0 Å². The molecule has 0 amide bonds. The fourth-order valence-corrected chi connectivity index (χ4v) is 3.09. The summed E-state index contributed by atoms with van der Waals surface area (Å²) in [5, 5.41) is 0. The maximum Gasteiger partial charge on any atom is 0.0218 e. The fourth-order valence-electron chi connectivity index (χ4n) is 3.09. The highest BCUT2D eigenvalue weighted by Crippen LogP contribution is 2.36. The van der Waals surface area contributed by atoms with Crippen LogP contribution in [0.4, 0.5) is 0 Å². The van der Waals surface area contributed by atoms with Crippen molar-refractivity contribution in [3.8, 4) is 0 Å². The lowest BCUT2D eigenvalue weighted by atomic mass is 9.79. The fraction of sp³-hybridized carbons (Fsp3) is 1.00. The first-order chi connectivity index (χ1) is 6.35. The van der Waals surface area contributed by atoms with Gasteiger partial charge in [-0.15, -0.1) is 0 Å². The van der Waals surface area contributed by atoms with Gasteiger partial charge in [0.15, 0.2) is 0 Å². The van der Waals surface area contributed by atoms with E-state index in [1.165, 1.54) is 38.6 Å². The summed E-state index contributed by atoms with van der Waals surface area (Å²) in [6.45, 7) is 4.44.